The summed E-state index contributed by atoms with van der Waals surface area (Å²) in [4.78, 5) is 19.7. The number of hydrogen-bond donors (Lipinski definition) is 1. The Morgan fingerprint density at radius 3 is 2.58 bits per heavy atom. The molecular weight excluding hydrogens is 538 g/mol. The van der Waals surface area contributed by atoms with Gasteiger partial charge in [0.1, 0.15) is 5.15 Å². The number of carbonyl (C=O) groups is 1. The SMILES string of the molecule is O=C(NCc1ccnc(Cl)c1)n1c2c(c3cc(Cl)c(Cl)cc31)CN(CC=Cc1ccc(Cl)cc1)CC2. The fraction of sp³-hybridized carbons (Fsp3) is 0.185. The maximum atomic E-state index is 13.4. The Hall–Kier alpha value is -2.54. The summed E-state index contributed by atoms with van der Waals surface area (Å²) >= 11 is 24.7. The Kier molecular flexibility index (Phi) is 7.56. The van der Waals surface area contributed by atoms with Gasteiger partial charge >= 0.3 is 6.03 Å². The molecule has 0 atom stereocenters. The minimum absolute atomic E-state index is 0.219. The average molecular weight is 560 g/mol. The number of rotatable bonds is 5. The van der Waals surface area contributed by atoms with Gasteiger partial charge in [0.2, 0.25) is 0 Å². The van der Waals surface area contributed by atoms with Crippen LogP contribution in [0.4, 0.5) is 4.79 Å². The van der Waals surface area contributed by atoms with E-state index < -0.39 is 0 Å². The molecule has 1 aliphatic rings. The summed E-state index contributed by atoms with van der Waals surface area (Å²) in [5.74, 6) is 0. The molecule has 4 aromatic rings. The lowest BCUT2D eigenvalue weighted by Crippen LogP contribution is -2.34. The second kappa shape index (κ2) is 10.8. The minimum atomic E-state index is -0.219. The van der Waals surface area contributed by atoms with Crippen molar-refractivity contribution in [3.63, 3.8) is 0 Å². The summed E-state index contributed by atoms with van der Waals surface area (Å²) in [6.07, 6.45) is 6.57. The van der Waals surface area contributed by atoms with Gasteiger partial charge in [0.05, 0.1) is 15.6 Å². The van der Waals surface area contributed by atoms with Crippen LogP contribution in [0.2, 0.25) is 20.2 Å². The molecule has 2 aromatic heterocycles. The molecule has 0 saturated carbocycles. The molecule has 0 fully saturated rings. The fourth-order valence-electron chi connectivity index (χ4n) is 4.51. The van der Waals surface area contributed by atoms with Crippen LogP contribution in [0.1, 0.15) is 22.4 Å². The van der Waals surface area contributed by atoms with Gasteiger partial charge in [-0.15, -0.1) is 0 Å². The van der Waals surface area contributed by atoms with Crippen LogP contribution in [0.5, 0.6) is 0 Å². The molecule has 1 aliphatic heterocycles. The number of carbonyl (C=O) groups excluding carboxylic acids is 1. The highest BCUT2D eigenvalue weighted by molar-refractivity contribution is 6.42. The number of benzene rings is 2. The predicted molar refractivity (Wildman–Crippen MR) is 148 cm³/mol. The van der Waals surface area contributed by atoms with E-state index in [2.05, 4.69) is 27.4 Å². The van der Waals surface area contributed by atoms with Crippen LogP contribution >= 0.6 is 46.4 Å². The maximum absolute atomic E-state index is 13.4. The molecule has 1 amide bonds. The maximum Gasteiger partial charge on any atom is 0.326 e. The van der Waals surface area contributed by atoms with Gasteiger partial charge in [-0.3, -0.25) is 9.47 Å². The molecule has 0 aliphatic carbocycles. The summed E-state index contributed by atoms with van der Waals surface area (Å²) in [5.41, 5.74) is 4.79. The average Bonchev–Trinajstić information content (AvgIpc) is 3.16. The first-order valence-electron chi connectivity index (χ1n) is 11.4. The van der Waals surface area contributed by atoms with Crippen LogP contribution in [0.3, 0.4) is 0 Å². The lowest BCUT2D eigenvalue weighted by atomic mass is 10.0. The number of hydrogen-bond acceptors (Lipinski definition) is 3. The van der Waals surface area contributed by atoms with Crippen molar-refractivity contribution < 1.29 is 4.79 Å². The molecule has 36 heavy (non-hydrogen) atoms. The number of nitrogens with zero attached hydrogens (tertiary/aromatic N) is 3. The molecule has 2 aromatic carbocycles. The van der Waals surface area contributed by atoms with Crippen molar-refractivity contribution in [1.29, 1.82) is 0 Å². The van der Waals surface area contributed by atoms with Crippen LogP contribution in [0.25, 0.3) is 17.0 Å². The van der Waals surface area contributed by atoms with Crippen LogP contribution < -0.4 is 5.32 Å². The van der Waals surface area contributed by atoms with Gasteiger partial charge in [-0.25, -0.2) is 9.78 Å². The molecule has 0 bridgehead atoms. The first kappa shape index (κ1) is 25.1. The van der Waals surface area contributed by atoms with Gasteiger partial charge in [0, 0.05) is 54.9 Å². The van der Waals surface area contributed by atoms with E-state index in [9.17, 15) is 4.79 Å². The third-order valence-corrected chi connectivity index (χ3v) is 7.43. The number of nitrogens with one attached hydrogen (secondary N) is 1. The van der Waals surface area contributed by atoms with E-state index in [0.29, 0.717) is 28.3 Å². The van der Waals surface area contributed by atoms with E-state index in [0.717, 1.165) is 57.8 Å². The number of halogens is 4. The number of pyridine rings is 1. The number of fused-ring (bicyclic) bond motifs is 3. The summed E-state index contributed by atoms with van der Waals surface area (Å²) in [6.45, 7) is 2.64. The molecule has 184 valence electrons. The molecule has 0 radical (unpaired) electrons. The zero-order chi connectivity index (χ0) is 25.2. The normalized spacial score (nSPS) is 13.9. The first-order chi connectivity index (χ1) is 17.4. The van der Waals surface area contributed by atoms with E-state index in [1.807, 2.05) is 36.4 Å². The highest BCUT2D eigenvalue weighted by Gasteiger charge is 2.27. The Bertz CT molecular complexity index is 1460. The van der Waals surface area contributed by atoms with E-state index >= 15 is 0 Å². The lowest BCUT2D eigenvalue weighted by molar-refractivity contribution is 0.240. The molecule has 0 unspecified atom stereocenters. The van der Waals surface area contributed by atoms with Crippen LogP contribution in [0.15, 0.2) is 60.8 Å². The Labute approximate surface area is 229 Å². The molecule has 3 heterocycles. The van der Waals surface area contributed by atoms with Crippen molar-refractivity contribution in [2.75, 3.05) is 13.1 Å². The number of amides is 1. The van der Waals surface area contributed by atoms with Crippen LogP contribution in [-0.2, 0) is 19.5 Å². The Balaban J connectivity index is 1.40. The summed E-state index contributed by atoms with van der Waals surface area (Å²) in [5, 5.41) is 5.93. The summed E-state index contributed by atoms with van der Waals surface area (Å²) in [6, 6.07) is 14.7. The lowest BCUT2D eigenvalue weighted by Gasteiger charge is -2.27. The summed E-state index contributed by atoms with van der Waals surface area (Å²) < 4.78 is 1.73. The highest BCUT2D eigenvalue weighted by atomic mass is 35.5. The molecule has 5 nitrogen and oxygen atoms in total. The molecule has 0 spiro atoms. The van der Waals surface area contributed by atoms with Gasteiger partial charge in [-0.05, 0) is 53.1 Å². The van der Waals surface area contributed by atoms with Crippen LogP contribution in [-0.4, -0.2) is 33.6 Å². The van der Waals surface area contributed by atoms with Crippen molar-refractivity contribution in [3.8, 4) is 0 Å². The first-order valence-corrected chi connectivity index (χ1v) is 12.9. The van der Waals surface area contributed by atoms with Gasteiger partial charge in [0.15, 0.2) is 0 Å². The van der Waals surface area contributed by atoms with E-state index in [-0.39, 0.29) is 6.03 Å². The van der Waals surface area contributed by atoms with Gasteiger partial charge < -0.3 is 5.32 Å². The molecular formula is C27H22Cl4N4O. The van der Waals surface area contributed by atoms with Gasteiger partial charge in [-0.2, -0.15) is 0 Å². The van der Waals surface area contributed by atoms with Crippen molar-refractivity contribution in [2.24, 2.45) is 0 Å². The second-order valence-corrected chi connectivity index (χ2v) is 10.3. The third-order valence-electron chi connectivity index (χ3n) is 6.25. The monoisotopic (exact) mass is 558 g/mol. The predicted octanol–water partition coefficient (Wildman–Crippen LogP) is 7.48. The zero-order valence-electron chi connectivity index (χ0n) is 19.1. The van der Waals surface area contributed by atoms with E-state index in [4.69, 9.17) is 46.4 Å². The summed E-state index contributed by atoms with van der Waals surface area (Å²) in [7, 11) is 0. The molecule has 1 N–H and O–H groups in total. The van der Waals surface area contributed by atoms with E-state index in [1.54, 1.807) is 22.9 Å². The number of aromatic nitrogens is 2. The van der Waals surface area contributed by atoms with Crippen LogP contribution in [0, 0.1) is 0 Å². The van der Waals surface area contributed by atoms with Crippen molar-refractivity contribution in [2.45, 2.75) is 19.5 Å². The largest absolute Gasteiger partial charge is 0.333 e. The topological polar surface area (TPSA) is 50.2 Å². The second-order valence-electron chi connectivity index (χ2n) is 8.63. The van der Waals surface area contributed by atoms with Gasteiger partial charge in [0.25, 0.3) is 0 Å². The van der Waals surface area contributed by atoms with Crippen molar-refractivity contribution in [1.82, 2.24) is 19.8 Å². The molecule has 9 heteroatoms. The third kappa shape index (κ3) is 5.41. The minimum Gasteiger partial charge on any atom is -0.333 e. The zero-order valence-corrected chi connectivity index (χ0v) is 22.2. The Morgan fingerprint density at radius 2 is 1.81 bits per heavy atom. The quantitative estimate of drug-likeness (QED) is 0.258. The van der Waals surface area contributed by atoms with E-state index in [1.165, 1.54) is 0 Å². The fourth-order valence-corrected chi connectivity index (χ4v) is 5.16. The highest BCUT2D eigenvalue weighted by Crippen LogP contribution is 2.36. The smallest absolute Gasteiger partial charge is 0.326 e. The molecule has 5 rings (SSSR count). The standard InChI is InChI=1S/C27H22Cl4N4O/c28-19-5-3-17(4-6-19)2-1-10-34-11-8-24-21(16-34)20-13-22(29)23(30)14-25(20)35(24)27(36)33-15-18-7-9-32-26(31)12-18/h1-7,9,12-14H,8,10-11,15-16H2,(H,33,36). The van der Waals surface area contributed by atoms with Gasteiger partial charge in [-0.1, -0.05) is 70.7 Å². The molecule has 0 saturated heterocycles. The Morgan fingerprint density at radius 1 is 1.03 bits per heavy atom. The van der Waals surface area contributed by atoms with Crippen molar-refractivity contribution in [3.05, 3.63) is 103 Å². The van der Waals surface area contributed by atoms with Crippen molar-refractivity contribution >= 4 is 69.4 Å².